The molecule has 2 aromatic carbocycles. The highest BCUT2D eigenvalue weighted by Gasteiger charge is 2.19. The number of anilines is 1. The van der Waals surface area contributed by atoms with E-state index >= 15 is 0 Å². The van der Waals surface area contributed by atoms with Gasteiger partial charge in [0.25, 0.3) is 5.91 Å². The molecule has 0 unspecified atom stereocenters. The number of nitrogens with one attached hydrogen (secondary N) is 1. The van der Waals surface area contributed by atoms with Crippen LogP contribution in [-0.2, 0) is 20.7 Å². The molecule has 0 bridgehead atoms. The van der Waals surface area contributed by atoms with E-state index in [2.05, 4.69) is 5.32 Å². The highest BCUT2D eigenvalue weighted by molar-refractivity contribution is 6.33. The van der Waals surface area contributed by atoms with Gasteiger partial charge in [-0.3, -0.25) is 9.59 Å². The molecule has 0 fully saturated rings. The summed E-state index contributed by atoms with van der Waals surface area (Å²) in [6.07, 6.45) is -0.918. The zero-order chi connectivity index (χ0) is 17.7. The van der Waals surface area contributed by atoms with E-state index in [0.29, 0.717) is 0 Å². The summed E-state index contributed by atoms with van der Waals surface area (Å²) in [7, 11) is 0. The fraction of sp³-hybridized carbons (Fsp3) is 0.222. The third-order valence-electron chi connectivity index (χ3n) is 3.34. The molecule has 1 atom stereocenters. The summed E-state index contributed by atoms with van der Waals surface area (Å²) < 4.78 is 18.1. The average Bonchev–Trinajstić information content (AvgIpc) is 2.52. The van der Waals surface area contributed by atoms with Crippen molar-refractivity contribution >= 4 is 29.2 Å². The second kappa shape index (κ2) is 7.93. The van der Waals surface area contributed by atoms with Crippen molar-refractivity contribution in [1.82, 2.24) is 0 Å². The monoisotopic (exact) mass is 349 g/mol. The standard InChI is InChI=1S/C18H17ClFNO3/c1-11-3-5-13(6-4-11)9-17(22)24-12(2)18(23)21-16-8-7-14(20)10-15(16)19/h3-8,10,12H,9H2,1-2H3,(H,21,23)/t12-/m1/s1. The molecule has 1 amide bonds. The number of aryl methyl sites for hydroxylation is 1. The molecule has 0 spiro atoms. The van der Waals surface area contributed by atoms with Gasteiger partial charge in [-0.15, -0.1) is 0 Å². The van der Waals surface area contributed by atoms with E-state index in [1.165, 1.54) is 19.1 Å². The van der Waals surface area contributed by atoms with E-state index < -0.39 is 23.8 Å². The first-order valence-corrected chi connectivity index (χ1v) is 7.74. The zero-order valence-corrected chi connectivity index (χ0v) is 14.1. The Morgan fingerprint density at radius 2 is 1.88 bits per heavy atom. The lowest BCUT2D eigenvalue weighted by molar-refractivity contribution is -0.152. The molecule has 6 heteroatoms. The molecule has 2 rings (SSSR count). The van der Waals surface area contributed by atoms with Crippen molar-refractivity contribution in [1.29, 1.82) is 0 Å². The lowest BCUT2D eigenvalue weighted by atomic mass is 10.1. The number of hydrogen-bond donors (Lipinski definition) is 1. The summed E-state index contributed by atoms with van der Waals surface area (Å²) in [5.74, 6) is -1.55. The molecule has 24 heavy (non-hydrogen) atoms. The lowest BCUT2D eigenvalue weighted by Gasteiger charge is -2.14. The van der Waals surface area contributed by atoms with Crippen LogP contribution < -0.4 is 5.32 Å². The van der Waals surface area contributed by atoms with Gasteiger partial charge in [-0.25, -0.2) is 4.39 Å². The number of rotatable bonds is 5. The Labute approximate surface area is 144 Å². The molecule has 1 N–H and O–H groups in total. The quantitative estimate of drug-likeness (QED) is 0.833. The topological polar surface area (TPSA) is 55.4 Å². The molecular formula is C18H17ClFNO3. The number of carbonyl (C=O) groups is 2. The molecule has 0 saturated carbocycles. The molecule has 4 nitrogen and oxygen atoms in total. The van der Waals surface area contributed by atoms with Crippen LogP contribution in [0.25, 0.3) is 0 Å². The second-order valence-electron chi connectivity index (χ2n) is 5.41. The summed E-state index contributed by atoms with van der Waals surface area (Å²) in [5.41, 5.74) is 2.15. The summed E-state index contributed by atoms with van der Waals surface area (Å²) in [6, 6.07) is 11.1. The third-order valence-corrected chi connectivity index (χ3v) is 3.65. The Bertz CT molecular complexity index is 746. The minimum atomic E-state index is -0.996. The maximum Gasteiger partial charge on any atom is 0.311 e. The first kappa shape index (κ1) is 17.9. The summed E-state index contributed by atoms with van der Waals surface area (Å²) in [4.78, 5) is 23.9. The van der Waals surface area contributed by atoms with Crippen LogP contribution in [0.5, 0.6) is 0 Å². The van der Waals surface area contributed by atoms with E-state index in [1.807, 2.05) is 31.2 Å². The molecule has 2 aromatic rings. The number of carbonyl (C=O) groups excluding carboxylic acids is 2. The number of amides is 1. The molecular weight excluding hydrogens is 333 g/mol. The first-order valence-electron chi connectivity index (χ1n) is 7.36. The summed E-state index contributed by atoms with van der Waals surface area (Å²) in [5, 5.41) is 2.57. The van der Waals surface area contributed by atoms with E-state index in [0.717, 1.165) is 17.2 Å². The van der Waals surface area contributed by atoms with Gasteiger partial charge in [0.2, 0.25) is 0 Å². The van der Waals surface area contributed by atoms with Gasteiger partial charge >= 0.3 is 5.97 Å². The first-order chi connectivity index (χ1) is 11.3. The van der Waals surface area contributed by atoms with Gasteiger partial charge in [0.05, 0.1) is 17.1 Å². The minimum absolute atomic E-state index is 0.0709. The molecule has 0 heterocycles. The Morgan fingerprint density at radius 3 is 2.50 bits per heavy atom. The van der Waals surface area contributed by atoms with Gasteiger partial charge in [-0.2, -0.15) is 0 Å². The summed E-state index contributed by atoms with van der Waals surface area (Å²) >= 11 is 5.84. The molecule has 0 radical (unpaired) electrons. The van der Waals surface area contributed by atoms with Crippen LogP contribution in [0.1, 0.15) is 18.1 Å². The smallest absolute Gasteiger partial charge is 0.311 e. The Balaban J connectivity index is 1.90. The molecule has 0 aliphatic heterocycles. The maximum absolute atomic E-state index is 13.0. The van der Waals surface area contributed by atoms with E-state index in [-0.39, 0.29) is 17.1 Å². The predicted octanol–water partition coefficient (Wildman–Crippen LogP) is 3.90. The molecule has 0 saturated heterocycles. The van der Waals surface area contributed by atoms with Crippen LogP contribution in [0.15, 0.2) is 42.5 Å². The van der Waals surface area contributed by atoms with Crippen LogP contribution in [0.3, 0.4) is 0 Å². The van der Waals surface area contributed by atoms with Crippen molar-refractivity contribution in [3.8, 4) is 0 Å². The predicted molar refractivity (Wildman–Crippen MR) is 90.5 cm³/mol. The van der Waals surface area contributed by atoms with Crippen molar-refractivity contribution in [2.75, 3.05) is 5.32 Å². The van der Waals surface area contributed by atoms with E-state index in [4.69, 9.17) is 16.3 Å². The molecule has 0 aliphatic rings. The van der Waals surface area contributed by atoms with Crippen LogP contribution in [-0.4, -0.2) is 18.0 Å². The summed E-state index contributed by atoms with van der Waals surface area (Å²) in [6.45, 7) is 3.41. The highest BCUT2D eigenvalue weighted by atomic mass is 35.5. The SMILES string of the molecule is Cc1ccc(CC(=O)O[C@H](C)C(=O)Nc2ccc(F)cc2Cl)cc1. The Morgan fingerprint density at radius 1 is 1.21 bits per heavy atom. The molecule has 0 aliphatic carbocycles. The van der Waals surface area contributed by atoms with Gasteiger partial charge in [0.15, 0.2) is 6.10 Å². The van der Waals surface area contributed by atoms with Crippen molar-refractivity contribution in [3.05, 3.63) is 64.4 Å². The van der Waals surface area contributed by atoms with Gasteiger partial charge in [0, 0.05) is 0 Å². The zero-order valence-electron chi connectivity index (χ0n) is 13.3. The number of hydrogen-bond acceptors (Lipinski definition) is 3. The van der Waals surface area contributed by atoms with Gasteiger partial charge in [0.1, 0.15) is 5.82 Å². The van der Waals surface area contributed by atoms with Crippen molar-refractivity contribution in [2.24, 2.45) is 0 Å². The second-order valence-corrected chi connectivity index (χ2v) is 5.82. The lowest BCUT2D eigenvalue weighted by Crippen LogP contribution is -2.30. The van der Waals surface area contributed by atoms with Crippen LogP contribution in [0, 0.1) is 12.7 Å². The van der Waals surface area contributed by atoms with Crippen molar-refractivity contribution in [3.63, 3.8) is 0 Å². The van der Waals surface area contributed by atoms with Gasteiger partial charge in [-0.05, 0) is 37.6 Å². The van der Waals surface area contributed by atoms with Crippen LogP contribution in [0.2, 0.25) is 5.02 Å². The number of esters is 1. The Hall–Kier alpha value is -2.40. The fourth-order valence-electron chi connectivity index (χ4n) is 1.99. The number of ether oxygens (including phenoxy) is 1. The van der Waals surface area contributed by atoms with Crippen molar-refractivity contribution in [2.45, 2.75) is 26.4 Å². The van der Waals surface area contributed by atoms with Crippen LogP contribution in [0.4, 0.5) is 10.1 Å². The third kappa shape index (κ3) is 5.06. The van der Waals surface area contributed by atoms with Crippen LogP contribution >= 0.6 is 11.6 Å². The van der Waals surface area contributed by atoms with Crippen molar-refractivity contribution < 1.29 is 18.7 Å². The average molecular weight is 350 g/mol. The number of benzene rings is 2. The van der Waals surface area contributed by atoms with E-state index in [1.54, 1.807) is 0 Å². The highest BCUT2D eigenvalue weighted by Crippen LogP contribution is 2.22. The largest absolute Gasteiger partial charge is 0.452 e. The molecule has 126 valence electrons. The molecule has 0 aromatic heterocycles. The number of halogens is 2. The Kier molecular flexibility index (Phi) is 5.93. The van der Waals surface area contributed by atoms with Gasteiger partial charge < -0.3 is 10.1 Å². The fourth-order valence-corrected chi connectivity index (χ4v) is 2.20. The minimum Gasteiger partial charge on any atom is -0.452 e. The van der Waals surface area contributed by atoms with E-state index in [9.17, 15) is 14.0 Å². The normalized spacial score (nSPS) is 11.7. The van der Waals surface area contributed by atoms with Gasteiger partial charge in [-0.1, -0.05) is 41.4 Å². The maximum atomic E-state index is 13.0.